The number of anilines is 1. The summed E-state index contributed by atoms with van der Waals surface area (Å²) in [6.07, 6.45) is 12.3. The van der Waals surface area contributed by atoms with Gasteiger partial charge in [-0.05, 0) is 64.0 Å². The van der Waals surface area contributed by atoms with E-state index < -0.39 is 0 Å². The Labute approximate surface area is 183 Å². The fourth-order valence-electron chi connectivity index (χ4n) is 4.72. The summed E-state index contributed by atoms with van der Waals surface area (Å²) in [4.78, 5) is 31.0. The minimum atomic E-state index is 0.164. The highest BCUT2D eigenvalue weighted by Crippen LogP contribution is 2.27. The number of carbonyl (C=O) groups excluding carboxylic acids is 1. The average Bonchev–Trinajstić information content (AvgIpc) is 3.34. The predicted octanol–water partition coefficient (Wildman–Crippen LogP) is 3.75. The lowest BCUT2D eigenvalue weighted by Gasteiger charge is -2.27. The van der Waals surface area contributed by atoms with Crippen LogP contribution in [0.1, 0.15) is 31.4 Å². The van der Waals surface area contributed by atoms with E-state index in [4.69, 9.17) is 0 Å². The van der Waals surface area contributed by atoms with E-state index in [2.05, 4.69) is 43.9 Å². The number of carbonyl (C=O) groups is 1. The molecule has 5 heterocycles. The summed E-state index contributed by atoms with van der Waals surface area (Å²) in [6, 6.07) is 6.36. The summed E-state index contributed by atoms with van der Waals surface area (Å²) in [5.74, 6) is 0.476. The van der Waals surface area contributed by atoms with Crippen molar-refractivity contribution in [3.05, 3.63) is 48.7 Å². The van der Waals surface area contributed by atoms with Crippen LogP contribution in [0, 0.1) is 5.92 Å². The van der Waals surface area contributed by atoms with Gasteiger partial charge in [0.05, 0.1) is 23.6 Å². The monoisotopic (exact) mass is 415 g/mol. The van der Waals surface area contributed by atoms with E-state index >= 15 is 0 Å². The molecule has 3 aromatic heterocycles. The second kappa shape index (κ2) is 8.71. The molecule has 5 rings (SSSR count). The highest BCUT2D eigenvalue weighted by Gasteiger charge is 2.23. The first-order valence-corrected chi connectivity index (χ1v) is 11.3. The van der Waals surface area contributed by atoms with Gasteiger partial charge in [0.25, 0.3) is 0 Å². The van der Waals surface area contributed by atoms with Crippen molar-refractivity contribution in [1.82, 2.24) is 19.9 Å². The average molecular weight is 416 g/mol. The molecule has 6 heteroatoms. The molecular formula is C25H29N5O. The van der Waals surface area contributed by atoms with Crippen LogP contribution in [0.5, 0.6) is 0 Å². The Balaban J connectivity index is 1.37. The molecule has 31 heavy (non-hydrogen) atoms. The molecule has 6 nitrogen and oxygen atoms in total. The minimum absolute atomic E-state index is 0.164. The molecule has 0 N–H and O–H groups in total. The van der Waals surface area contributed by atoms with Gasteiger partial charge in [0.1, 0.15) is 5.78 Å². The molecule has 0 atom stereocenters. The van der Waals surface area contributed by atoms with Crippen molar-refractivity contribution in [3.63, 3.8) is 0 Å². The zero-order valence-corrected chi connectivity index (χ0v) is 18.1. The maximum atomic E-state index is 12.8. The first-order valence-electron chi connectivity index (χ1n) is 11.3. The number of pyridine rings is 3. The van der Waals surface area contributed by atoms with Crippen LogP contribution in [0.3, 0.4) is 0 Å². The number of hydrogen-bond acceptors (Lipinski definition) is 6. The Hall–Kier alpha value is -2.86. The van der Waals surface area contributed by atoms with Crippen LogP contribution in [0.25, 0.3) is 22.0 Å². The van der Waals surface area contributed by atoms with Gasteiger partial charge < -0.3 is 9.80 Å². The number of piperidine rings is 1. The lowest BCUT2D eigenvalue weighted by Crippen LogP contribution is -2.34. The Morgan fingerprint density at radius 1 is 0.935 bits per heavy atom. The second-order valence-corrected chi connectivity index (χ2v) is 8.94. The van der Waals surface area contributed by atoms with Crippen LogP contribution in [0.4, 0.5) is 5.69 Å². The number of aromatic nitrogens is 3. The highest BCUT2D eigenvalue weighted by atomic mass is 16.1. The molecule has 0 aliphatic carbocycles. The van der Waals surface area contributed by atoms with E-state index in [0.717, 1.165) is 66.7 Å². The summed E-state index contributed by atoms with van der Waals surface area (Å²) >= 11 is 0. The van der Waals surface area contributed by atoms with Crippen molar-refractivity contribution in [2.45, 2.75) is 32.1 Å². The fourth-order valence-corrected chi connectivity index (χ4v) is 4.72. The third kappa shape index (κ3) is 4.44. The number of likely N-dealkylation sites (tertiary alicyclic amines) is 1. The van der Waals surface area contributed by atoms with Gasteiger partial charge in [-0.2, -0.15) is 0 Å². The summed E-state index contributed by atoms with van der Waals surface area (Å²) in [5, 5.41) is 1.02. The van der Waals surface area contributed by atoms with Gasteiger partial charge in [-0.1, -0.05) is 0 Å². The number of fused-ring (bicyclic) bond motifs is 1. The molecule has 0 aromatic carbocycles. The Morgan fingerprint density at radius 3 is 2.52 bits per heavy atom. The molecule has 0 saturated carbocycles. The number of hydrogen-bond donors (Lipinski definition) is 0. The molecular weight excluding hydrogens is 386 g/mol. The molecule has 0 radical (unpaired) electrons. The van der Waals surface area contributed by atoms with Crippen LogP contribution in [-0.4, -0.2) is 58.9 Å². The molecule has 0 bridgehead atoms. The maximum absolute atomic E-state index is 12.8. The molecule has 2 saturated heterocycles. The van der Waals surface area contributed by atoms with Crippen molar-refractivity contribution in [2.75, 3.05) is 38.1 Å². The van der Waals surface area contributed by atoms with Crippen molar-refractivity contribution >= 4 is 22.4 Å². The number of ketones is 1. The lowest BCUT2D eigenvalue weighted by atomic mass is 9.90. The number of nitrogens with zero attached hydrogens (tertiary/aromatic N) is 5. The van der Waals surface area contributed by atoms with Gasteiger partial charge >= 0.3 is 0 Å². The summed E-state index contributed by atoms with van der Waals surface area (Å²) in [6.45, 7) is 4.20. The first-order chi connectivity index (χ1) is 15.2. The number of Topliss-reactive ketones (excluding diaryl/α,β-unsaturated/α-hetero) is 1. The molecule has 2 fully saturated rings. The molecule has 0 spiro atoms. The van der Waals surface area contributed by atoms with Crippen molar-refractivity contribution in [2.24, 2.45) is 5.92 Å². The van der Waals surface area contributed by atoms with Crippen LogP contribution < -0.4 is 4.90 Å². The van der Waals surface area contributed by atoms with Gasteiger partial charge in [-0.3, -0.25) is 19.7 Å². The smallest absolute Gasteiger partial charge is 0.142 e. The second-order valence-electron chi connectivity index (χ2n) is 8.94. The highest BCUT2D eigenvalue weighted by molar-refractivity contribution is 5.86. The SMILES string of the molecule is CN1CCC(C(=O)Cc2cc3cc(-c4cncc(N5CCCC5)c4)cnc3cn2)CC1. The van der Waals surface area contributed by atoms with E-state index in [1.165, 1.54) is 18.5 Å². The third-order valence-electron chi connectivity index (χ3n) is 6.68. The van der Waals surface area contributed by atoms with E-state index in [0.29, 0.717) is 12.2 Å². The molecule has 3 aromatic rings. The van der Waals surface area contributed by atoms with Gasteiger partial charge in [0.2, 0.25) is 0 Å². The first kappa shape index (κ1) is 20.1. The zero-order chi connectivity index (χ0) is 21.2. The molecule has 0 amide bonds. The molecule has 2 aliphatic heterocycles. The summed E-state index contributed by atoms with van der Waals surface area (Å²) in [7, 11) is 2.12. The largest absolute Gasteiger partial charge is 0.370 e. The van der Waals surface area contributed by atoms with Gasteiger partial charge in [-0.25, -0.2) is 0 Å². The molecule has 160 valence electrons. The standard InChI is InChI=1S/C25H29N5O/c1-29-8-4-18(5-9-29)25(31)13-22-11-19-10-20(15-28-24(19)17-27-22)21-12-23(16-26-14-21)30-6-2-3-7-30/h10-12,14-18H,2-9,13H2,1H3. The van der Waals surface area contributed by atoms with Gasteiger partial charge in [0, 0.05) is 60.0 Å². The minimum Gasteiger partial charge on any atom is -0.370 e. The summed E-state index contributed by atoms with van der Waals surface area (Å²) < 4.78 is 0. The van der Waals surface area contributed by atoms with E-state index in [-0.39, 0.29) is 5.92 Å². The van der Waals surface area contributed by atoms with Gasteiger partial charge in [0.15, 0.2) is 0 Å². The normalized spacial score (nSPS) is 18.0. The fraction of sp³-hybridized carbons (Fsp3) is 0.440. The Morgan fingerprint density at radius 2 is 1.71 bits per heavy atom. The van der Waals surface area contributed by atoms with Crippen LogP contribution >= 0.6 is 0 Å². The van der Waals surface area contributed by atoms with Gasteiger partial charge in [-0.15, -0.1) is 0 Å². The van der Waals surface area contributed by atoms with Crippen LogP contribution in [0.15, 0.2) is 43.0 Å². The summed E-state index contributed by atoms with van der Waals surface area (Å²) in [5.41, 5.74) is 4.97. The Kier molecular flexibility index (Phi) is 5.64. The Bertz CT molecular complexity index is 1080. The maximum Gasteiger partial charge on any atom is 0.142 e. The van der Waals surface area contributed by atoms with Crippen molar-refractivity contribution in [1.29, 1.82) is 0 Å². The van der Waals surface area contributed by atoms with E-state index in [1.54, 1.807) is 6.20 Å². The third-order valence-corrected chi connectivity index (χ3v) is 6.68. The van der Waals surface area contributed by atoms with E-state index in [1.807, 2.05) is 24.7 Å². The van der Waals surface area contributed by atoms with Crippen LogP contribution in [-0.2, 0) is 11.2 Å². The quantitative estimate of drug-likeness (QED) is 0.633. The predicted molar refractivity (Wildman–Crippen MR) is 123 cm³/mol. The van der Waals surface area contributed by atoms with E-state index in [9.17, 15) is 4.79 Å². The number of rotatable bonds is 5. The molecule has 0 unspecified atom stereocenters. The zero-order valence-electron chi connectivity index (χ0n) is 18.1. The van der Waals surface area contributed by atoms with Crippen molar-refractivity contribution in [3.8, 4) is 11.1 Å². The topological polar surface area (TPSA) is 62.2 Å². The molecule has 2 aliphatic rings. The van der Waals surface area contributed by atoms with Crippen LogP contribution in [0.2, 0.25) is 0 Å². The lowest BCUT2D eigenvalue weighted by molar-refractivity contribution is -0.123. The van der Waals surface area contributed by atoms with Crippen molar-refractivity contribution < 1.29 is 4.79 Å².